The van der Waals surface area contributed by atoms with Crippen LogP contribution in [0.15, 0.2) is 90.1 Å². The van der Waals surface area contributed by atoms with E-state index in [4.69, 9.17) is 11.6 Å². The lowest BCUT2D eigenvalue weighted by Gasteiger charge is -2.20. The van der Waals surface area contributed by atoms with Gasteiger partial charge in [0.1, 0.15) is 11.6 Å². The highest BCUT2D eigenvalue weighted by Gasteiger charge is 2.20. The largest absolute Gasteiger partial charge is 0.318 e. The van der Waals surface area contributed by atoms with E-state index in [9.17, 15) is 14.4 Å². The molecule has 232 valence electrons. The number of nitrogens with zero attached hydrogens (tertiary/aromatic N) is 3. The molecule has 0 amide bonds. The van der Waals surface area contributed by atoms with Crippen LogP contribution in [0.1, 0.15) is 63.2 Å². The van der Waals surface area contributed by atoms with Crippen LogP contribution >= 0.6 is 11.6 Å². The molecule has 7 rings (SSSR count). The highest BCUT2D eigenvalue weighted by molar-refractivity contribution is 6.31. The smallest absolute Gasteiger partial charge is 0.253 e. The number of Topliss-reactive ketones (excluding diaryl/α,β-unsaturated/α-hetero) is 2. The lowest BCUT2D eigenvalue weighted by Crippen LogP contribution is -2.19. The summed E-state index contributed by atoms with van der Waals surface area (Å²) in [7, 11) is 1.78. The normalized spacial score (nSPS) is 13.8. The summed E-state index contributed by atoms with van der Waals surface area (Å²) in [5.41, 5.74) is 11.8. The molecule has 46 heavy (non-hydrogen) atoms. The van der Waals surface area contributed by atoms with Gasteiger partial charge in [-0.1, -0.05) is 41.9 Å². The fraction of sp³-hybridized carbons (Fsp3) is 0.256. The molecule has 2 aromatic carbocycles. The molecule has 0 bridgehead atoms. The second-order valence-electron chi connectivity index (χ2n) is 12.2. The number of ketones is 2. The number of benzene rings is 2. The number of aryl methyl sites for hydroxylation is 4. The maximum absolute atomic E-state index is 12.1. The van der Waals surface area contributed by atoms with E-state index in [-0.39, 0.29) is 5.56 Å². The third kappa shape index (κ3) is 7.24. The lowest BCUT2D eigenvalue weighted by molar-refractivity contribution is -0.119. The first-order valence-electron chi connectivity index (χ1n) is 15.7. The molecule has 0 saturated heterocycles. The van der Waals surface area contributed by atoms with Crippen LogP contribution in [-0.2, 0) is 55.2 Å². The SMILES string of the molecule is Cc1cc(-c2cc3c(cc2Cc2ccccn2)CCC(=O)C3)cn(C)c1=O.O=C1CCc2cc(Cc3ccccn3)c(Cl)cc2C1. The Morgan fingerprint density at radius 1 is 0.696 bits per heavy atom. The molecule has 2 aliphatic rings. The minimum atomic E-state index is 0.0122. The number of fused-ring (bicyclic) bond motifs is 2. The molecule has 0 spiro atoms. The van der Waals surface area contributed by atoms with Gasteiger partial charge in [-0.15, -0.1) is 0 Å². The Morgan fingerprint density at radius 2 is 1.26 bits per heavy atom. The minimum Gasteiger partial charge on any atom is -0.318 e. The van der Waals surface area contributed by atoms with Crippen molar-refractivity contribution in [3.05, 3.63) is 151 Å². The van der Waals surface area contributed by atoms with Crippen molar-refractivity contribution in [3.63, 3.8) is 0 Å². The summed E-state index contributed by atoms with van der Waals surface area (Å²) in [5.74, 6) is 0.601. The van der Waals surface area contributed by atoms with Gasteiger partial charge < -0.3 is 4.57 Å². The maximum Gasteiger partial charge on any atom is 0.253 e. The number of pyridine rings is 3. The van der Waals surface area contributed by atoms with Crippen molar-refractivity contribution >= 4 is 23.2 Å². The van der Waals surface area contributed by atoms with Crippen LogP contribution in [0.2, 0.25) is 5.02 Å². The molecule has 3 heterocycles. The number of hydrogen-bond donors (Lipinski definition) is 0. The molecule has 0 N–H and O–H groups in total. The summed E-state index contributed by atoms with van der Waals surface area (Å²) in [6.45, 7) is 1.84. The molecule has 5 aromatic rings. The zero-order valence-electron chi connectivity index (χ0n) is 26.2. The summed E-state index contributed by atoms with van der Waals surface area (Å²) in [4.78, 5) is 44.3. The van der Waals surface area contributed by atoms with E-state index in [2.05, 4.69) is 28.2 Å². The van der Waals surface area contributed by atoms with E-state index >= 15 is 0 Å². The molecule has 3 aromatic heterocycles. The molecule has 7 heteroatoms. The van der Waals surface area contributed by atoms with E-state index in [1.54, 1.807) is 17.8 Å². The molecule has 0 aliphatic heterocycles. The van der Waals surface area contributed by atoms with Crippen molar-refractivity contribution in [1.29, 1.82) is 0 Å². The first kappa shape index (κ1) is 31.3. The quantitative estimate of drug-likeness (QED) is 0.214. The van der Waals surface area contributed by atoms with Crippen LogP contribution in [0.4, 0.5) is 0 Å². The topological polar surface area (TPSA) is 81.9 Å². The molecule has 0 unspecified atom stereocenters. The molecule has 0 radical (unpaired) electrons. The highest BCUT2D eigenvalue weighted by atomic mass is 35.5. The third-order valence-corrected chi connectivity index (χ3v) is 9.14. The van der Waals surface area contributed by atoms with Gasteiger partial charge in [0, 0.05) is 86.1 Å². The Balaban J connectivity index is 0.000000172. The van der Waals surface area contributed by atoms with Crippen molar-refractivity contribution in [2.45, 2.75) is 58.3 Å². The fourth-order valence-corrected chi connectivity index (χ4v) is 6.62. The van der Waals surface area contributed by atoms with Gasteiger partial charge in [0.05, 0.1) is 0 Å². The van der Waals surface area contributed by atoms with Gasteiger partial charge in [-0.25, -0.2) is 0 Å². The summed E-state index contributed by atoms with van der Waals surface area (Å²) >= 11 is 6.32. The zero-order valence-corrected chi connectivity index (χ0v) is 26.9. The fourth-order valence-electron chi connectivity index (χ4n) is 6.37. The summed E-state index contributed by atoms with van der Waals surface area (Å²) in [5, 5.41) is 0.735. The standard InChI is InChI=1S/C23H22N2O2.C16H14ClNO/c1-15-9-19(14-25(2)23(15)27)22-13-17-12-21(26)7-6-16(17)10-18(22)11-20-5-3-4-8-24-20;17-16-10-12-9-15(19)5-4-11(12)7-13(16)8-14-3-1-2-6-18-14/h3-5,8-10,13-14H,6-7,11-12H2,1-2H3;1-3,6-7,10H,4-5,8-9H2. The van der Waals surface area contributed by atoms with Crippen molar-refractivity contribution in [2.24, 2.45) is 7.05 Å². The molecule has 0 saturated carbocycles. The van der Waals surface area contributed by atoms with Crippen LogP contribution < -0.4 is 5.56 Å². The van der Waals surface area contributed by atoms with Crippen LogP contribution in [0.3, 0.4) is 0 Å². The number of carbonyl (C=O) groups is 2. The van der Waals surface area contributed by atoms with E-state index in [0.717, 1.165) is 69.9 Å². The molecular formula is C39H36ClN3O3. The molecule has 0 fully saturated rings. The minimum absolute atomic E-state index is 0.0122. The van der Waals surface area contributed by atoms with Crippen LogP contribution in [-0.4, -0.2) is 26.1 Å². The van der Waals surface area contributed by atoms with Crippen molar-refractivity contribution in [1.82, 2.24) is 14.5 Å². The van der Waals surface area contributed by atoms with Crippen LogP contribution in [0.25, 0.3) is 11.1 Å². The van der Waals surface area contributed by atoms with E-state index in [1.807, 2.05) is 67.8 Å². The number of hydrogen-bond acceptors (Lipinski definition) is 5. The van der Waals surface area contributed by atoms with Gasteiger partial charge in [0.2, 0.25) is 0 Å². The van der Waals surface area contributed by atoms with E-state index in [1.165, 1.54) is 16.7 Å². The molecule has 2 aliphatic carbocycles. The number of rotatable bonds is 5. The predicted octanol–water partition coefficient (Wildman–Crippen LogP) is 6.79. The second-order valence-corrected chi connectivity index (χ2v) is 12.7. The van der Waals surface area contributed by atoms with Crippen molar-refractivity contribution in [3.8, 4) is 11.1 Å². The van der Waals surface area contributed by atoms with Crippen molar-refractivity contribution < 1.29 is 9.59 Å². The number of halogens is 1. The lowest BCUT2D eigenvalue weighted by atomic mass is 9.85. The molecule has 6 nitrogen and oxygen atoms in total. The van der Waals surface area contributed by atoms with Crippen LogP contribution in [0.5, 0.6) is 0 Å². The first-order chi connectivity index (χ1) is 22.2. The Hall–Kier alpha value is -4.68. The number of carbonyl (C=O) groups excluding carboxylic acids is 2. The Bertz CT molecular complexity index is 1960. The van der Waals surface area contributed by atoms with Gasteiger partial charge in [0.15, 0.2) is 0 Å². The summed E-state index contributed by atoms with van der Waals surface area (Å²) < 4.78 is 1.62. The van der Waals surface area contributed by atoms with E-state index < -0.39 is 0 Å². The first-order valence-corrected chi connectivity index (χ1v) is 16.1. The maximum atomic E-state index is 12.1. The van der Waals surface area contributed by atoms with Gasteiger partial charge in [-0.05, 0) is 101 Å². The van der Waals surface area contributed by atoms with Gasteiger partial charge in [0.25, 0.3) is 5.56 Å². The molecule has 0 atom stereocenters. The monoisotopic (exact) mass is 629 g/mol. The Kier molecular flexibility index (Phi) is 9.36. The van der Waals surface area contributed by atoms with Crippen LogP contribution in [0, 0.1) is 6.92 Å². The Labute approximate surface area is 274 Å². The summed E-state index contributed by atoms with van der Waals surface area (Å²) in [6.07, 6.45) is 10.9. The Morgan fingerprint density at radius 3 is 1.83 bits per heavy atom. The van der Waals surface area contributed by atoms with E-state index in [0.29, 0.717) is 42.8 Å². The molecular weight excluding hydrogens is 594 g/mol. The third-order valence-electron chi connectivity index (χ3n) is 8.78. The average molecular weight is 630 g/mol. The average Bonchev–Trinajstić information content (AvgIpc) is 3.05. The predicted molar refractivity (Wildman–Crippen MR) is 181 cm³/mol. The van der Waals surface area contributed by atoms with Gasteiger partial charge >= 0.3 is 0 Å². The number of aromatic nitrogens is 3. The van der Waals surface area contributed by atoms with Gasteiger partial charge in [-0.3, -0.25) is 24.4 Å². The second kappa shape index (κ2) is 13.8. The summed E-state index contributed by atoms with van der Waals surface area (Å²) in [6, 6.07) is 22.2. The van der Waals surface area contributed by atoms with Gasteiger partial charge in [-0.2, -0.15) is 0 Å². The zero-order chi connectivity index (χ0) is 32.2. The highest BCUT2D eigenvalue weighted by Crippen LogP contribution is 2.32. The van der Waals surface area contributed by atoms with Crippen molar-refractivity contribution in [2.75, 3.05) is 0 Å².